The molecular weight excluding hydrogens is 286 g/mol. The molecule has 0 bridgehead atoms. The van der Waals surface area contributed by atoms with E-state index in [2.05, 4.69) is 46.4 Å². The van der Waals surface area contributed by atoms with E-state index >= 15 is 0 Å². The molecule has 1 N–H and O–H groups in total. The van der Waals surface area contributed by atoms with Gasteiger partial charge in [-0.3, -0.25) is 14.7 Å². The summed E-state index contributed by atoms with van der Waals surface area (Å²) in [5, 5.41) is 3.06. The number of nitrogens with one attached hydrogen (secondary N) is 1. The molecule has 0 unspecified atom stereocenters. The Kier molecular flexibility index (Phi) is 5.03. The summed E-state index contributed by atoms with van der Waals surface area (Å²) < 4.78 is 0. The van der Waals surface area contributed by atoms with Gasteiger partial charge in [0.2, 0.25) is 0 Å². The van der Waals surface area contributed by atoms with Gasteiger partial charge in [-0.1, -0.05) is 31.2 Å². The Hall–Kier alpha value is -2.20. The summed E-state index contributed by atoms with van der Waals surface area (Å²) in [5.74, 6) is -0.0248. The first-order valence-corrected chi connectivity index (χ1v) is 8.27. The zero-order chi connectivity index (χ0) is 16.1. The van der Waals surface area contributed by atoms with E-state index in [4.69, 9.17) is 0 Å². The van der Waals surface area contributed by atoms with Crippen molar-refractivity contribution in [2.45, 2.75) is 32.4 Å². The molecule has 4 heteroatoms. The smallest absolute Gasteiger partial charge is 0.251 e. The lowest BCUT2D eigenvalue weighted by Crippen LogP contribution is -2.45. The molecule has 1 aliphatic rings. The van der Waals surface area contributed by atoms with Gasteiger partial charge < -0.3 is 5.32 Å². The summed E-state index contributed by atoms with van der Waals surface area (Å²) in [7, 11) is 0. The van der Waals surface area contributed by atoms with Gasteiger partial charge in [0.15, 0.2) is 0 Å². The van der Waals surface area contributed by atoms with Crippen LogP contribution in [-0.2, 0) is 13.0 Å². The molecule has 1 atom stereocenters. The van der Waals surface area contributed by atoms with Crippen LogP contribution in [0.15, 0.2) is 48.8 Å². The summed E-state index contributed by atoms with van der Waals surface area (Å²) in [6.07, 6.45) is 5.41. The van der Waals surface area contributed by atoms with E-state index in [0.29, 0.717) is 18.2 Å². The first-order chi connectivity index (χ1) is 11.3. The fourth-order valence-electron chi connectivity index (χ4n) is 3.18. The number of nitrogens with zero attached hydrogens (tertiary/aromatic N) is 2. The molecule has 0 saturated carbocycles. The highest BCUT2D eigenvalue weighted by Gasteiger charge is 2.22. The molecule has 23 heavy (non-hydrogen) atoms. The van der Waals surface area contributed by atoms with Crippen molar-refractivity contribution in [3.63, 3.8) is 0 Å². The number of rotatable bonds is 5. The van der Waals surface area contributed by atoms with Gasteiger partial charge in [0.1, 0.15) is 0 Å². The molecule has 0 radical (unpaired) electrons. The molecule has 1 amide bonds. The Morgan fingerprint density at radius 1 is 1.22 bits per heavy atom. The van der Waals surface area contributed by atoms with Crippen molar-refractivity contribution < 1.29 is 4.79 Å². The van der Waals surface area contributed by atoms with Crippen LogP contribution in [0.4, 0.5) is 0 Å². The average Bonchev–Trinajstić information content (AvgIpc) is 2.62. The van der Waals surface area contributed by atoms with Crippen molar-refractivity contribution in [3.05, 3.63) is 65.5 Å². The van der Waals surface area contributed by atoms with E-state index in [1.54, 1.807) is 24.5 Å². The van der Waals surface area contributed by atoms with Crippen LogP contribution < -0.4 is 5.32 Å². The van der Waals surface area contributed by atoms with Crippen LogP contribution in [0.3, 0.4) is 0 Å². The molecule has 2 aromatic rings. The topological polar surface area (TPSA) is 45.2 Å². The van der Waals surface area contributed by atoms with Crippen LogP contribution in [-0.4, -0.2) is 34.9 Å². The molecule has 3 rings (SSSR count). The van der Waals surface area contributed by atoms with E-state index in [0.717, 1.165) is 25.9 Å². The second kappa shape index (κ2) is 7.38. The molecule has 1 aliphatic heterocycles. The number of carbonyl (C=O) groups excluding carboxylic acids is 1. The van der Waals surface area contributed by atoms with Crippen molar-refractivity contribution in [1.82, 2.24) is 15.2 Å². The van der Waals surface area contributed by atoms with Gasteiger partial charge in [0.05, 0.1) is 0 Å². The minimum Gasteiger partial charge on any atom is -0.350 e. The lowest BCUT2D eigenvalue weighted by atomic mass is 9.98. The van der Waals surface area contributed by atoms with Crippen LogP contribution in [0.2, 0.25) is 0 Å². The first kappa shape index (κ1) is 15.7. The molecule has 0 saturated heterocycles. The Balaban J connectivity index is 1.59. The molecule has 0 fully saturated rings. The van der Waals surface area contributed by atoms with Gasteiger partial charge in [0, 0.05) is 43.6 Å². The van der Waals surface area contributed by atoms with Gasteiger partial charge in [-0.05, 0) is 36.1 Å². The van der Waals surface area contributed by atoms with Gasteiger partial charge in [0.25, 0.3) is 5.91 Å². The molecule has 0 aliphatic carbocycles. The average molecular weight is 309 g/mol. The summed E-state index contributed by atoms with van der Waals surface area (Å²) in [4.78, 5) is 18.6. The van der Waals surface area contributed by atoms with Gasteiger partial charge in [-0.2, -0.15) is 0 Å². The second-order valence-electron chi connectivity index (χ2n) is 6.00. The zero-order valence-electron chi connectivity index (χ0n) is 13.5. The van der Waals surface area contributed by atoms with Crippen LogP contribution >= 0.6 is 0 Å². The summed E-state index contributed by atoms with van der Waals surface area (Å²) >= 11 is 0. The quantitative estimate of drug-likeness (QED) is 0.923. The van der Waals surface area contributed by atoms with Crippen LogP contribution in [0.5, 0.6) is 0 Å². The van der Waals surface area contributed by atoms with Crippen molar-refractivity contribution in [2.24, 2.45) is 0 Å². The minimum absolute atomic E-state index is 0.0248. The number of aromatic nitrogens is 1. The van der Waals surface area contributed by atoms with Gasteiger partial charge >= 0.3 is 0 Å². The Bertz CT molecular complexity index is 657. The Labute approximate surface area is 137 Å². The predicted molar refractivity (Wildman–Crippen MR) is 91.2 cm³/mol. The van der Waals surface area contributed by atoms with E-state index in [1.807, 2.05) is 0 Å². The summed E-state index contributed by atoms with van der Waals surface area (Å²) in [5.41, 5.74) is 3.54. The third-order valence-electron chi connectivity index (χ3n) is 4.59. The third-order valence-corrected chi connectivity index (χ3v) is 4.59. The SMILES string of the molecule is CC[C@H](CNC(=O)c1ccncc1)N1CCc2ccccc2C1. The monoisotopic (exact) mass is 309 g/mol. The fraction of sp³-hybridized carbons (Fsp3) is 0.368. The highest BCUT2D eigenvalue weighted by atomic mass is 16.1. The highest BCUT2D eigenvalue weighted by Crippen LogP contribution is 2.21. The number of carbonyl (C=O) groups is 1. The molecular formula is C19H23N3O. The molecule has 1 aromatic heterocycles. The number of hydrogen-bond acceptors (Lipinski definition) is 3. The number of hydrogen-bond donors (Lipinski definition) is 1. The van der Waals surface area contributed by atoms with Gasteiger partial charge in [-0.15, -0.1) is 0 Å². The maximum atomic E-state index is 12.2. The number of pyridine rings is 1. The number of benzene rings is 1. The standard InChI is InChI=1S/C19H23N3O/c1-2-18(13-21-19(23)16-7-10-20-11-8-16)22-12-9-15-5-3-4-6-17(15)14-22/h3-8,10-11,18H,2,9,12-14H2,1H3,(H,21,23)/t18-/m1/s1. The molecule has 1 aromatic carbocycles. The maximum absolute atomic E-state index is 12.2. The van der Waals surface area contributed by atoms with E-state index < -0.39 is 0 Å². The van der Waals surface area contributed by atoms with Crippen LogP contribution in [0, 0.1) is 0 Å². The minimum atomic E-state index is -0.0248. The molecule has 0 spiro atoms. The van der Waals surface area contributed by atoms with Crippen molar-refractivity contribution in [1.29, 1.82) is 0 Å². The number of fused-ring (bicyclic) bond motifs is 1. The normalized spacial score (nSPS) is 15.7. The van der Waals surface area contributed by atoms with E-state index in [1.165, 1.54) is 11.1 Å². The highest BCUT2D eigenvalue weighted by molar-refractivity contribution is 5.93. The van der Waals surface area contributed by atoms with E-state index in [-0.39, 0.29) is 5.91 Å². The molecule has 120 valence electrons. The largest absolute Gasteiger partial charge is 0.350 e. The van der Waals surface area contributed by atoms with Crippen LogP contribution in [0.25, 0.3) is 0 Å². The predicted octanol–water partition coefficient (Wildman–Crippen LogP) is 2.65. The Morgan fingerprint density at radius 3 is 2.70 bits per heavy atom. The third kappa shape index (κ3) is 3.77. The fourth-order valence-corrected chi connectivity index (χ4v) is 3.18. The zero-order valence-corrected chi connectivity index (χ0v) is 13.5. The second-order valence-corrected chi connectivity index (χ2v) is 6.00. The summed E-state index contributed by atoms with van der Waals surface area (Å²) in [6, 6.07) is 12.5. The first-order valence-electron chi connectivity index (χ1n) is 8.27. The van der Waals surface area contributed by atoms with Crippen molar-refractivity contribution in [3.8, 4) is 0 Å². The lowest BCUT2D eigenvalue weighted by Gasteiger charge is -2.35. The lowest BCUT2D eigenvalue weighted by molar-refractivity contribution is 0.0926. The van der Waals surface area contributed by atoms with Gasteiger partial charge in [-0.25, -0.2) is 0 Å². The molecule has 4 nitrogen and oxygen atoms in total. The maximum Gasteiger partial charge on any atom is 0.251 e. The van der Waals surface area contributed by atoms with Crippen molar-refractivity contribution in [2.75, 3.05) is 13.1 Å². The molecule has 2 heterocycles. The van der Waals surface area contributed by atoms with Crippen molar-refractivity contribution >= 4 is 5.91 Å². The number of amides is 1. The summed E-state index contributed by atoms with van der Waals surface area (Å²) in [6.45, 7) is 4.89. The van der Waals surface area contributed by atoms with E-state index in [9.17, 15) is 4.79 Å². The Morgan fingerprint density at radius 2 is 1.96 bits per heavy atom. The van der Waals surface area contributed by atoms with Crippen LogP contribution in [0.1, 0.15) is 34.8 Å².